The monoisotopic (exact) mass is 367 g/mol. The molecule has 0 bridgehead atoms. The van der Waals surface area contributed by atoms with Gasteiger partial charge in [-0.05, 0) is 24.7 Å². The fourth-order valence-electron chi connectivity index (χ4n) is 2.32. The van der Waals surface area contributed by atoms with E-state index in [1.165, 1.54) is 11.3 Å². The van der Waals surface area contributed by atoms with Gasteiger partial charge >= 0.3 is 6.03 Å². The summed E-state index contributed by atoms with van der Waals surface area (Å²) in [6, 6.07) is 7.07. The van der Waals surface area contributed by atoms with Crippen molar-refractivity contribution in [2.45, 2.75) is 6.42 Å². The van der Waals surface area contributed by atoms with Crippen molar-refractivity contribution in [1.29, 1.82) is 0 Å². The van der Waals surface area contributed by atoms with E-state index in [0.29, 0.717) is 37.4 Å². The summed E-state index contributed by atoms with van der Waals surface area (Å²) < 4.78 is 0. The van der Waals surface area contributed by atoms with E-state index in [-0.39, 0.29) is 24.3 Å². The molecule has 3 amide bonds. The number of nitrogens with zero attached hydrogens (tertiary/aromatic N) is 2. The van der Waals surface area contributed by atoms with E-state index in [0.717, 1.165) is 10.7 Å². The van der Waals surface area contributed by atoms with Crippen molar-refractivity contribution < 1.29 is 9.59 Å². The Morgan fingerprint density at radius 3 is 3.00 bits per heavy atom. The van der Waals surface area contributed by atoms with Crippen molar-refractivity contribution in [1.82, 2.24) is 10.3 Å². The molecule has 7 nitrogen and oxygen atoms in total. The number of anilines is 2. The van der Waals surface area contributed by atoms with Gasteiger partial charge in [-0.25, -0.2) is 9.78 Å². The Morgan fingerprint density at radius 2 is 2.29 bits per heavy atom. The van der Waals surface area contributed by atoms with Crippen molar-refractivity contribution in [2.75, 3.05) is 29.9 Å². The van der Waals surface area contributed by atoms with Crippen LogP contribution in [0.1, 0.15) is 15.5 Å². The highest BCUT2D eigenvalue weighted by Crippen LogP contribution is 2.21. The van der Waals surface area contributed by atoms with E-state index in [1.807, 2.05) is 6.07 Å². The molecule has 0 aliphatic carbocycles. The molecule has 2 aromatic rings. The van der Waals surface area contributed by atoms with Crippen LogP contribution in [0.3, 0.4) is 0 Å². The van der Waals surface area contributed by atoms with E-state index in [9.17, 15) is 9.59 Å². The van der Waals surface area contributed by atoms with E-state index in [2.05, 4.69) is 15.6 Å². The fourth-order valence-corrected chi connectivity index (χ4v) is 3.11. The smallest absolute Gasteiger partial charge is 0.321 e. The Labute approximate surface area is 149 Å². The molecule has 0 radical (unpaired) electrons. The third-order valence-corrected chi connectivity index (χ3v) is 4.32. The summed E-state index contributed by atoms with van der Waals surface area (Å²) in [6.45, 7) is 1.75. The minimum absolute atomic E-state index is 0. The van der Waals surface area contributed by atoms with Crippen LogP contribution in [-0.2, 0) is 6.42 Å². The highest BCUT2D eigenvalue weighted by molar-refractivity contribution is 7.09. The molecule has 1 aromatic heterocycles. The minimum atomic E-state index is -0.271. The number of urea groups is 1. The summed E-state index contributed by atoms with van der Waals surface area (Å²) >= 11 is 1.42. The summed E-state index contributed by atoms with van der Waals surface area (Å²) in [4.78, 5) is 29.8. The Kier molecular flexibility index (Phi) is 6.13. The molecule has 0 unspecified atom stereocenters. The average Bonchev–Trinajstić information content (AvgIpc) is 3.17. The highest BCUT2D eigenvalue weighted by atomic mass is 35.5. The molecule has 4 N–H and O–H groups in total. The minimum Gasteiger partial charge on any atom is -0.336 e. The molecular weight excluding hydrogens is 350 g/mol. The maximum Gasteiger partial charge on any atom is 0.321 e. The van der Waals surface area contributed by atoms with Gasteiger partial charge in [0.1, 0.15) is 5.69 Å². The van der Waals surface area contributed by atoms with Gasteiger partial charge in [-0.15, -0.1) is 23.7 Å². The zero-order chi connectivity index (χ0) is 16.2. The number of halogens is 1. The number of aromatic nitrogens is 1. The lowest BCUT2D eigenvalue weighted by atomic mass is 10.2. The fraction of sp³-hybridized carbons (Fsp3) is 0.267. The van der Waals surface area contributed by atoms with Crippen LogP contribution >= 0.6 is 23.7 Å². The Balaban J connectivity index is 0.00000208. The molecule has 24 heavy (non-hydrogen) atoms. The van der Waals surface area contributed by atoms with Crippen molar-refractivity contribution in [3.8, 4) is 0 Å². The number of rotatable bonds is 5. The number of benzene rings is 1. The second-order valence-corrected chi connectivity index (χ2v) is 6.00. The lowest BCUT2D eigenvalue weighted by Crippen LogP contribution is -2.27. The van der Waals surface area contributed by atoms with Gasteiger partial charge in [-0.2, -0.15) is 0 Å². The number of hydrogen-bond acceptors (Lipinski definition) is 5. The molecule has 1 fully saturated rings. The summed E-state index contributed by atoms with van der Waals surface area (Å²) in [5.74, 6) is -0.271. The van der Waals surface area contributed by atoms with E-state index < -0.39 is 0 Å². The first-order chi connectivity index (χ1) is 11.2. The quantitative estimate of drug-likeness (QED) is 0.750. The summed E-state index contributed by atoms with van der Waals surface area (Å²) in [5, 5.41) is 8.13. The van der Waals surface area contributed by atoms with Gasteiger partial charge in [0.05, 0.1) is 5.01 Å². The van der Waals surface area contributed by atoms with Gasteiger partial charge in [0.15, 0.2) is 0 Å². The Bertz CT molecular complexity index is 736. The Hall–Kier alpha value is -2.16. The van der Waals surface area contributed by atoms with Crippen LogP contribution in [-0.4, -0.2) is 36.6 Å². The standard InChI is InChI=1S/C15H17N5O2S.ClH/c16-5-4-13-19-12(9-23-13)14(21)18-10-2-1-3-11(8-10)20-7-6-17-15(20)22;/h1-3,8-9H,4-7,16H2,(H,17,22)(H,18,21);1H. The number of hydrogen-bond donors (Lipinski definition) is 3. The number of nitrogens with two attached hydrogens (primary N) is 1. The first-order valence-corrected chi connectivity index (χ1v) is 8.16. The zero-order valence-corrected chi connectivity index (χ0v) is 14.5. The van der Waals surface area contributed by atoms with Crippen LogP contribution in [0.25, 0.3) is 0 Å². The second kappa shape index (κ2) is 8.09. The molecule has 0 saturated carbocycles. The molecule has 2 heterocycles. The average molecular weight is 368 g/mol. The molecule has 1 aliphatic heterocycles. The molecule has 1 saturated heterocycles. The molecule has 1 aromatic carbocycles. The van der Waals surface area contributed by atoms with Crippen LogP contribution in [0, 0.1) is 0 Å². The van der Waals surface area contributed by atoms with E-state index >= 15 is 0 Å². The lowest BCUT2D eigenvalue weighted by molar-refractivity contribution is 0.102. The van der Waals surface area contributed by atoms with Gasteiger partial charge in [-0.3, -0.25) is 9.69 Å². The molecule has 1 aliphatic rings. The third kappa shape index (κ3) is 4.02. The second-order valence-electron chi connectivity index (χ2n) is 5.05. The van der Waals surface area contributed by atoms with Gasteiger partial charge < -0.3 is 16.4 Å². The number of nitrogens with one attached hydrogen (secondary N) is 2. The summed E-state index contributed by atoms with van der Waals surface area (Å²) in [5.41, 5.74) is 7.24. The first kappa shape index (κ1) is 18.2. The van der Waals surface area contributed by atoms with Crippen molar-refractivity contribution in [3.05, 3.63) is 40.3 Å². The van der Waals surface area contributed by atoms with Crippen LogP contribution in [0.4, 0.5) is 16.2 Å². The zero-order valence-electron chi connectivity index (χ0n) is 12.8. The van der Waals surface area contributed by atoms with Crippen molar-refractivity contribution >= 4 is 47.1 Å². The molecule has 3 rings (SSSR count). The normalized spacial score (nSPS) is 13.4. The van der Waals surface area contributed by atoms with Crippen LogP contribution in [0.2, 0.25) is 0 Å². The SMILES string of the molecule is Cl.NCCc1nc(C(=O)Nc2cccc(N3CCNC3=O)c2)cs1. The third-order valence-electron chi connectivity index (χ3n) is 3.42. The largest absolute Gasteiger partial charge is 0.336 e. The maximum absolute atomic E-state index is 12.2. The lowest BCUT2D eigenvalue weighted by Gasteiger charge is -2.15. The number of carbonyl (C=O) groups excluding carboxylic acids is 2. The van der Waals surface area contributed by atoms with Gasteiger partial charge in [0.25, 0.3) is 5.91 Å². The van der Waals surface area contributed by atoms with Gasteiger partial charge in [0, 0.05) is 36.3 Å². The van der Waals surface area contributed by atoms with Gasteiger partial charge in [0.2, 0.25) is 0 Å². The summed E-state index contributed by atoms with van der Waals surface area (Å²) in [6.07, 6.45) is 0.664. The van der Waals surface area contributed by atoms with Crippen molar-refractivity contribution in [3.63, 3.8) is 0 Å². The van der Waals surface area contributed by atoms with Crippen LogP contribution in [0.5, 0.6) is 0 Å². The number of amides is 3. The first-order valence-electron chi connectivity index (χ1n) is 7.28. The summed E-state index contributed by atoms with van der Waals surface area (Å²) in [7, 11) is 0. The van der Waals surface area contributed by atoms with Crippen molar-refractivity contribution in [2.24, 2.45) is 5.73 Å². The van der Waals surface area contributed by atoms with E-state index in [4.69, 9.17) is 5.73 Å². The van der Waals surface area contributed by atoms with Crippen LogP contribution < -0.4 is 21.3 Å². The molecular formula is C15H18ClN5O2S. The number of thiazole rings is 1. The molecule has 0 spiro atoms. The Morgan fingerprint density at radius 1 is 1.46 bits per heavy atom. The highest BCUT2D eigenvalue weighted by Gasteiger charge is 2.21. The predicted octanol–water partition coefficient (Wildman–Crippen LogP) is 1.85. The number of carbonyl (C=O) groups is 2. The van der Waals surface area contributed by atoms with E-state index in [1.54, 1.807) is 28.5 Å². The molecule has 0 atom stereocenters. The molecule has 128 valence electrons. The molecule has 9 heteroatoms. The van der Waals surface area contributed by atoms with Gasteiger partial charge in [-0.1, -0.05) is 6.07 Å². The predicted molar refractivity (Wildman–Crippen MR) is 97.3 cm³/mol. The topological polar surface area (TPSA) is 100 Å². The maximum atomic E-state index is 12.2. The van der Waals surface area contributed by atoms with Crippen LogP contribution in [0.15, 0.2) is 29.6 Å².